The normalized spacial score (nSPS) is 10.6. The fraction of sp³-hybridized carbons (Fsp3) is 0.118. The van der Waals surface area contributed by atoms with Gasteiger partial charge in [-0.1, -0.05) is 35.3 Å². The first-order valence-electron chi connectivity index (χ1n) is 6.94. The molecule has 1 aromatic heterocycles. The number of hydrogen-bond donors (Lipinski definition) is 1. The summed E-state index contributed by atoms with van der Waals surface area (Å²) in [6.07, 6.45) is 1.68. The molecule has 0 spiro atoms. The quantitative estimate of drug-likeness (QED) is 0.682. The van der Waals surface area contributed by atoms with Gasteiger partial charge in [-0.05, 0) is 30.3 Å². The molecule has 0 fully saturated rings. The van der Waals surface area contributed by atoms with Crippen LogP contribution in [-0.2, 0) is 6.54 Å². The summed E-state index contributed by atoms with van der Waals surface area (Å²) in [5.74, 6) is 1.93. The van der Waals surface area contributed by atoms with E-state index in [1.165, 1.54) is 0 Å². The molecule has 1 N–H and O–H groups in total. The van der Waals surface area contributed by atoms with Gasteiger partial charge in [0.1, 0.15) is 5.75 Å². The lowest BCUT2D eigenvalue weighted by atomic mass is 10.2. The van der Waals surface area contributed by atoms with Crippen molar-refractivity contribution in [2.24, 2.45) is 0 Å². The Bertz CT molecular complexity index is 818. The van der Waals surface area contributed by atoms with Gasteiger partial charge < -0.3 is 14.5 Å². The number of nitrogens with one attached hydrogen (secondary N) is 1. The summed E-state index contributed by atoms with van der Waals surface area (Å²) >= 11 is 12.0. The third-order valence-electron chi connectivity index (χ3n) is 3.25. The number of anilines is 1. The van der Waals surface area contributed by atoms with Crippen LogP contribution in [0.4, 0.5) is 5.69 Å². The van der Waals surface area contributed by atoms with E-state index in [2.05, 4.69) is 10.3 Å². The maximum absolute atomic E-state index is 6.01. The van der Waals surface area contributed by atoms with Crippen LogP contribution < -0.4 is 10.1 Å². The minimum absolute atomic E-state index is 0.414. The van der Waals surface area contributed by atoms with Crippen molar-refractivity contribution in [2.45, 2.75) is 6.54 Å². The van der Waals surface area contributed by atoms with Gasteiger partial charge in [0.2, 0.25) is 5.89 Å². The molecule has 0 unspecified atom stereocenters. The summed E-state index contributed by atoms with van der Waals surface area (Å²) in [6, 6.07) is 12.8. The molecule has 0 amide bonds. The molecule has 0 aliphatic heterocycles. The minimum Gasteiger partial charge on any atom is -0.495 e. The van der Waals surface area contributed by atoms with Crippen LogP contribution in [0.2, 0.25) is 10.0 Å². The molecule has 0 atom stereocenters. The van der Waals surface area contributed by atoms with E-state index in [9.17, 15) is 0 Å². The van der Waals surface area contributed by atoms with E-state index >= 15 is 0 Å². The van der Waals surface area contributed by atoms with Crippen molar-refractivity contribution < 1.29 is 9.15 Å². The summed E-state index contributed by atoms with van der Waals surface area (Å²) in [5.41, 5.74) is 1.67. The van der Waals surface area contributed by atoms with E-state index in [1.54, 1.807) is 31.5 Å². The summed E-state index contributed by atoms with van der Waals surface area (Å²) in [5, 5.41) is 4.49. The van der Waals surface area contributed by atoms with E-state index in [4.69, 9.17) is 32.4 Å². The van der Waals surface area contributed by atoms with Crippen molar-refractivity contribution in [3.8, 4) is 17.1 Å². The van der Waals surface area contributed by atoms with Crippen LogP contribution in [0.5, 0.6) is 5.75 Å². The Morgan fingerprint density at radius 1 is 1.13 bits per heavy atom. The number of methoxy groups -OCH3 is 1. The van der Waals surface area contributed by atoms with Crippen molar-refractivity contribution in [3.05, 3.63) is 64.6 Å². The van der Waals surface area contributed by atoms with Gasteiger partial charge in [-0.2, -0.15) is 0 Å². The van der Waals surface area contributed by atoms with Crippen molar-refractivity contribution in [1.29, 1.82) is 0 Å². The predicted octanol–water partition coefficient (Wildman–Crippen LogP) is 5.27. The fourth-order valence-electron chi connectivity index (χ4n) is 2.16. The summed E-state index contributed by atoms with van der Waals surface area (Å²) in [7, 11) is 1.61. The highest BCUT2D eigenvalue weighted by Crippen LogP contribution is 2.28. The standard InChI is InChI=1S/C17H14Cl2N2O2/c1-22-15-6-5-13(19)8-14(15)20-10-17-21-9-16(23-17)11-3-2-4-12(18)7-11/h2-9,20H,10H2,1H3. The molecule has 0 saturated carbocycles. The molecule has 23 heavy (non-hydrogen) atoms. The van der Waals surface area contributed by atoms with Gasteiger partial charge in [-0.15, -0.1) is 0 Å². The molecular formula is C17H14Cl2N2O2. The van der Waals surface area contributed by atoms with Crippen LogP contribution in [0.3, 0.4) is 0 Å². The fourth-order valence-corrected chi connectivity index (χ4v) is 2.52. The minimum atomic E-state index is 0.414. The third-order valence-corrected chi connectivity index (χ3v) is 3.72. The second-order valence-corrected chi connectivity index (χ2v) is 5.70. The van der Waals surface area contributed by atoms with E-state index in [0.29, 0.717) is 34.0 Å². The molecule has 118 valence electrons. The molecule has 3 aromatic rings. The van der Waals surface area contributed by atoms with E-state index in [1.807, 2.05) is 24.3 Å². The molecule has 0 aliphatic carbocycles. The lowest BCUT2D eigenvalue weighted by Gasteiger charge is -2.10. The first-order chi connectivity index (χ1) is 11.2. The highest BCUT2D eigenvalue weighted by atomic mass is 35.5. The van der Waals surface area contributed by atoms with Crippen LogP contribution in [0, 0.1) is 0 Å². The van der Waals surface area contributed by atoms with Gasteiger partial charge in [-0.25, -0.2) is 4.98 Å². The van der Waals surface area contributed by atoms with Crippen LogP contribution in [-0.4, -0.2) is 12.1 Å². The molecule has 0 radical (unpaired) electrons. The third kappa shape index (κ3) is 3.78. The zero-order chi connectivity index (χ0) is 16.2. The second kappa shape index (κ2) is 6.94. The Morgan fingerprint density at radius 3 is 2.74 bits per heavy atom. The first kappa shape index (κ1) is 15.7. The molecule has 0 bridgehead atoms. The lowest BCUT2D eigenvalue weighted by molar-refractivity contribution is 0.416. The number of oxazole rings is 1. The molecule has 6 heteroatoms. The first-order valence-corrected chi connectivity index (χ1v) is 7.69. The number of hydrogen-bond acceptors (Lipinski definition) is 4. The van der Waals surface area contributed by atoms with E-state index < -0.39 is 0 Å². The van der Waals surface area contributed by atoms with Crippen LogP contribution in [0.15, 0.2) is 53.1 Å². The number of ether oxygens (including phenoxy) is 1. The van der Waals surface area contributed by atoms with Crippen molar-refractivity contribution in [3.63, 3.8) is 0 Å². The lowest BCUT2D eigenvalue weighted by Crippen LogP contribution is -2.01. The second-order valence-electron chi connectivity index (χ2n) is 4.83. The maximum atomic E-state index is 6.01. The van der Waals surface area contributed by atoms with Gasteiger partial charge in [0.05, 0.1) is 25.5 Å². The van der Waals surface area contributed by atoms with Crippen LogP contribution >= 0.6 is 23.2 Å². The highest BCUT2D eigenvalue weighted by molar-refractivity contribution is 6.31. The number of nitrogens with zero attached hydrogens (tertiary/aromatic N) is 1. The van der Waals surface area contributed by atoms with Gasteiger partial charge in [0.25, 0.3) is 0 Å². The Hall–Kier alpha value is -2.17. The number of aromatic nitrogens is 1. The smallest absolute Gasteiger partial charge is 0.214 e. The molecular weight excluding hydrogens is 335 g/mol. The summed E-state index contributed by atoms with van der Waals surface area (Å²) in [4.78, 5) is 4.27. The average Bonchev–Trinajstić information content (AvgIpc) is 3.02. The molecule has 0 saturated heterocycles. The molecule has 1 heterocycles. The molecule has 2 aromatic carbocycles. The Morgan fingerprint density at radius 2 is 1.96 bits per heavy atom. The largest absolute Gasteiger partial charge is 0.495 e. The Labute approximate surface area is 144 Å². The van der Waals surface area contributed by atoms with Crippen molar-refractivity contribution >= 4 is 28.9 Å². The Kier molecular flexibility index (Phi) is 4.74. The zero-order valence-electron chi connectivity index (χ0n) is 12.3. The monoisotopic (exact) mass is 348 g/mol. The predicted molar refractivity (Wildman–Crippen MR) is 92.3 cm³/mol. The van der Waals surface area contributed by atoms with Crippen LogP contribution in [0.1, 0.15) is 5.89 Å². The number of halogens is 2. The van der Waals surface area contributed by atoms with Gasteiger partial charge >= 0.3 is 0 Å². The average molecular weight is 349 g/mol. The molecule has 4 nitrogen and oxygen atoms in total. The SMILES string of the molecule is COc1ccc(Cl)cc1NCc1ncc(-c2cccc(Cl)c2)o1. The van der Waals surface area contributed by atoms with Gasteiger partial charge in [0, 0.05) is 15.6 Å². The molecule has 3 rings (SSSR count). The maximum Gasteiger partial charge on any atom is 0.214 e. The zero-order valence-corrected chi connectivity index (χ0v) is 13.9. The number of benzene rings is 2. The van der Waals surface area contributed by atoms with E-state index in [-0.39, 0.29) is 0 Å². The van der Waals surface area contributed by atoms with Crippen molar-refractivity contribution in [2.75, 3.05) is 12.4 Å². The van der Waals surface area contributed by atoms with Crippen molar-refractivity contribution in [1.82, 2.24) is 4.98 Å². The topological polar surface area (TPSA) is 47.3 Å². The van der Waals surface area contributed by atoms with Gasteiger partial charge in [0.15, 0.2) is 5.76 Å². The van der Waals surface area contributed by atoms with Gasteiger partial charge in [-0.3, -0.25) is 0 Å². The number of rotatable bonds is 5. The molecule has 0 aliphatic rings. The Balaban J connectivity index is 1.74. The summed E-state index contributed by atoms with van der Waals surface area (Å²) in [6.45, 7) is 0.414. The van der Waals surface area contributed by atoms with E-state index in [0.717, 1.165) is 11.3 Å². The summed E-state index contributed by atoms with van der Waals surface area (Å²) < 4.78 is 11.0. The van der Waals surface area contributed by atoms with Crippen LogP contribution in [0.25, 0.3) is 11.3 Å². The highest BCUT2D eigenvalue weighted by Gasteiger charge is 2.09.